The highest BCUT2D eigenvalue weighted by molar-refractivity contribution is 6.38. The van der Waals surface area contributed by atoms with Crippen LogP contribution in [-0.4, -0.2) is 14.5 Å². The topological polar surface area (TPSA) is 30.7 Å². The third-order valence-electron chi connectivity index (χ3n) is 10.1. The third-order valence-corrected chi connectivity index (χ3v) is 10.1. The molecule has 0 radical (unpaired) electrons. The molecule has 2 heterocycles. The lowest BCUT2D eigenvalue weighted by atomic mass is 9.93. The molecule has 11 rings (SSSR count). The molecule has 47 heavy (non-hydrogen) atoms. The van der Waals surface area contributed by atoms with Crippen LogP contribution in [0, 0.1) is 0 Å². The van der Waals surface area contributed by atoms with E-state index in [4.69, 9.17) is 9.97 Å². The summed E-state index contributed by atoms with van der Waals surface area (Å²) in [4.78, 5) is 10.5. The fraction of sp³-hybridized carbons (Fsp3) is 0. The van der Waals surface area contributed by atoms with Crippen molar-refractivity contribution >= 4 is 65.2 Å². The number of aromatic nitrogens is 3. The van der Waals surface area contributed by atoms with Crippen LogP contribution in [0.2, 0.25) is 0 Å². The molecule has 10 aromatic rings. The van der Waals surface area contributed by atoms with Gasteiger partial charge < -0.3 is 4.57 Å². The quantitative estimate of drug-likeness (QED) is 0.190. The summed E-state index contributed by atoms with van der Waals surface area (Å²) in [6.07, 6.45) is 0. The highest BCUT2D eigenvalue weighted by Crippen LogP contribution is 2.50. The molecule has 216 valence electrons. The molecule has 2 aromatic heterocycles. The van der Waals surface area contributed by atoms with Crippen molar-refractivity contribution in [3.05, 3.63) is 152 Å². The fourth-order valence-corrected chi connectivity index (χ4v) is 8.12. The first kappa shape index (κ1) is 24.9. The Morgan fingerprint density at radius 1 is 0.340 bits per heavy atom. The van der Waals surface area contributed by atoms with Crippen LogP contribution in [0.25, 0.3) is 104 Å². The molecule has 0 saturated heterocycles. The van der Waals surface area contributed by atoms with Crippen LogP contribution in [0.15, 0.2) is 152 Å². The number of benzene rings is 8. The predicted octanol–water partition coefficient (Wildman–Crippen LogP) is 11.5. The first-order valence-corrected chi connectivity index (χ1v) is 16.1. The molecule has 0 spiro atoms. The molecular weight excluding hydrogens is 571 g/mol. The molecule has 3 heteroatoms. The Hall–Kier alpha value is -6.32. The largest absolute Gasteiger partial charge is 0.309 e. The molecule has 0 amide bonds. The average molecular weight is 596 g/mol. The third kappa shape index (κ3) is 3.30. The number of nitrogens with zero attached hydrogens (tertiary/aromatic N) is 3. The lowest BCUT2D eigenvalue weighted by molar-refractivity contribution is 1.17. The van der Waals surface area contributed by atoms with Crippen LogP contribution in [0.1, 0.15) is 0 Å². The summed E-state index contributed by atoms with van der Waals surface area (Å²) in [5.74, 6) is 0. The Morgan fingerprint density at radius 3 is 1.55 bits per heavy atom. The van der Waals surface area contributed by atoms with Crippen LogP contribution in [0.4, 0.5) is 0 Å². The minimum Gasteiger partial charge on any atom is -0.309 e. The van der Waals surface area contributed by atoms with Gasteiger partial charge >= 0.3 is 0 Å². The van der Waals surface area contributed by atoms with Crippen molar-refractivity contribution in [1.82, 2.24) is 14.5 Å². The van der Waals surface area contributed by atoms with Crippen LogP contribution in [-0.2, 0) is 0 Å². The second kappa shape index (κ2) is 9.12. The van der Waals surface area contributed by atoms with Crippen LogP contribution in [0.5, 0.6) is 0 Å². The summed E-state index contributed by atoms with van der Waals surface area (Å²) in [6.45, 7) is 0. The SMILES string of the molecule is c1ccc(-c2nc3ccccc3nc2-c2ccccc2-n2c3ccc4cccc5c4c3c3c4c(ccc6cccc-5c64)ccc32)cc1. The summed E-state index contributed by atoms with van der Waals surface area (Å²) in [5, 5.41) is 10.4. The van der Waals surface area contributed by atoms with Gasteiger partial charge in [-0.2, -0.15) is 0 Å². The molecule has 8 aromatic carbocycles. The zero-order valence-electron chi connectivity index (χ0n) is 25.3. The lowest BCUT2D eigenvalue weighted by Gasteiger charge is -2.17. The maximum absolute atomic E-state index is 5.32. The summed E-state index contributed by atoms with van der Waals surface area (Å²) >= 11 is 0. The number of rotatable bonds is 3. The maximum atomic E-state index is 5.32. The van der Waals surface area contributed by atoms with E-state index in [0.29, 0.717) is 0 Å². The van der Waals surface area contributed by atoms with E-state index in [9.17, 15) is 0 Å². The van der Waals surface area contributed by atoms with Gasteiger partial charge in [0.2, 0.25) is 0 Å². The van der Waals surface area contributed by atoms with Crippen molar-refractivity contribution < 1.29 is 0 Å². The van der Waals surface area contributed by atoms with E-state index in [1.54, 1.807) is 0 Å². The number of para-hydroxylation sites is 3. The maximum Gasteiger partial charge on any atom is 0.0994 e. The van der Waals surface area contributed by atoms with Crippen LogP contribution >= 0.6 is 0 Å². The van der Waals surface area contributed by atoms with Crippen LogP contribution < -0.4 is 0 Å². The minimum absolute atomic E-state index is 0.877. The van der Waals surface area contributed by atoms with E-state index < -0.39 is 0 Å². The Morgan fingerprint density at radius 2 is 0.851 bits per heavy atom. The standard InChI is InChI=1S/C44H25N3/c1-2-10-29(11-3-1)43-44(46-34-18-6-5-17-33(34)45-43)32-14-4-7-19-35(32)47-36-24-22-27-13-9-16-31-30-15-8-12-26-20-21-28-23-25-37(47)42(40(28)38(26)30)41(36)39(27)31/h1-25H. The first-order chi connectivity index (χ1) is 23.3. The molecule has 0 unspecified atom stereocenters. The number of fused-ring (bicyclic) bond motifs is 2. The van der Waals surface area contributed by atoms with E-state index in [-0.39, 0.29) is 0 Å². The van der Waals surface area contributed by atoms with Gasteiger partial charge in [0.15, 0.2) is 0 Å². The van der Waals surface area contributed by atoms with Crippen molar-refractivity contribution in [3.8, 4) is 39.3 Å². The molecule has 1 aliphatic rings. The van der Waals surface area contributed by atoms with Gasteiger partial charge in [-0.3, -0.25) is 0 Å². The van der Waals surface area contributed by atoms with Crippen molar-refractivity contribution in [2.75, 3.05) is 0 Å². The van der Waals surface area contributed by atoms with Crippen molar-refractivity contribution in [2.45, 2.75) is 0 Å². The highest BCUT2D eigenvalue weighted by atomic mass is 15.0. The average Bonchev–Trinajstić information content (AvgIpc) is 3.41. The van der Waals surface area contributed by atoms with E-state index in [1.165, 1.54) is 65.3 Å². The molecular formula is C44H25N3. The Balaban J connectivity index is 1.33. The van der Waals surface area contributed by atoms with Gasteiger partial charge in [-0.25, -0.2) is 9.97 Å². The molecule has 0 atom stereocenters. The molecule has 0 bridgehead atoms. The van der Waals surface area contributed by atoms with Gasteiger partial charge in [-0.05, 0) is 68.4 Å². The molecule has 0 saturated carbocycles. The zero-order chi connectivity index (χ0) is 30.6. The smallest absolute Gasteiger partial charge is 0.0994 e. The van der Waals surface area contributed by atoms with E-state index in [2.05, 4.69) is 132 Å². The molecule has 0 fully saturated rings. The molecule has 3 nitrogen and oxygen atoms in total. The summed E-state index contributed by atoms with van der Waals surface area (Å²) in [6, 6.07) is 54.5. The molecule has 1 aliphatic carbocycles. The number of hydrogen-bond donors (Lipinski definition) is 0. The van der Waals surface area contributed by atoms with Gasteiger partial charge in [0.1, 0.15) is 0 Å². The van der Waals surface area contributed by atoms with Crippen molar-refractivity contribution in [2.24, 2.45) is 0 Å². The van der Waals surface area contributed by atoms with Gasteiger partial charge in [0.25, 0.3) is 0 Å². The zero-order valence-corrected chi connectivity index (χ0v) is 25.3. The summed E-state index contributed by atoms with van der Waals surface area (Å²) in [7, 11) is 0. The Kier molecular flexibility index (Phi) is 4.84. The monoisotopic (exact) mass is 595 g/mol. The fourth-order valence-electron chi connectivity index (χ4n) is 8.12. The summed E-state index contributed by atoms with van der Waals surface area (Å²) in [5.41, 5.74) is 11.7. The van der Waals surface area contributed by atoms with Crippen LogP contribution in [0.3, 0.4) is 0 Å². The molecule has 0 aliphatic heterocycles. The Labute approximate surface area is 270 Å². The minimum atomic E-state index is 0.877. The summed E-state index contributed by atoms with van der Waals surface area (Å²) < 4.78 is 2.47. The van der Waals surface area contributed by atoms with Gasteiger partial charge in [0.05, 0.1) is 39.1 Å². The predicted molar refractivity (Wildman–Crippen MR) is 196 cm³/mol. The second-order valence-corrected chi connectivity index (χ2v) is 12.5. The van der Waals surface area contributed by atoms with E-state index >= 15 is 0 Å². The van der Waals surface area contributed by atoms with E-state index in [1.807, 2.05) is 24.3 Å². The first-order valence-electron chi connectivity index (χ1n) is 16.1. The molecule has 0 N–H and O–H groups in total. The second-order valence-electron chi connectivity index (χ2n) is 12.5. The lowest BCUT2D eigenvalue weighted by Crippen LogP contribution is -2.01. The Bertz CT molecular complexity index is 2950. The number of hydrogen-bond acceptors (Lipinski definition) is 2. The van der Waals surface area contributed by atoms with Crippen molar-refractivity contribution in [3.63, 3.8) is 0 Å². The normalized spacial score (nSPS) is 12.3. The van der Waals surface area contributed by atoms with Crippen molar-refractivity contribution in [1.29, 1.82) is 0 Å². The van der Waals surface area contributed by atoms with Gasteiger partial charge in [-0.1, -0.05) is 121 Å². The van der Waals surface area contributed by atoms with Gasteiger partial charge in [0, 0.05) is 27.3 Å². The highest BCUT2D eigenvalue weighted by Gasteiger charge is 2.26. The van der Waals surface area contributed by atoms with E-state index in [0.717, 1.165) is 39.2 Å². The van der Waals surface area contributed by atoms with Gasteiger partial charge in [-0.15, -0.1) is 0 Å².